The predicted molar refractivity (Wildman–Crippen MR) is 105 cm³/mol. The zero-order valence-corrected chi connectivity index (χ0v) is 15.7. The minimum atomic E-state index is -0.172. The highest BCUT2D eigenvalue weighted by Crippen LogP contribution is 2.25. The molecule has 1 aliphatic heterocycles. The first-order chi connectivity index (χ1) is 12.1. The summed E-state index contributed by atoms with van der Waals surface area (Å²) in [5.41, 5.74) is 7.71. The molecule has 1 aromatic heterocycles. The van der Waals surface area contributed by atoms with Gasteiger partial charge in [0, 0.05) is 29.9 Å². The number of pyridine rings is 1. The van der Waals surface area contributed by atoms with Crippen LogP contribution < -0.4 is 11.1 Å². The number of anilines is 1. The molecule has 3 N–H and O–H groups in total. The quantitative estimate of drug-likeness (QED) is 0.777. The molecular weight excluding hydrogens is 332 g/mol. The summed E-state index contributed by atoms with van der Waals surface area (Å²) in [5, 5.41) is 4.63. The van der Waals surface area contributed by atoms with Gasteiger partial charge < -0.3 is 16.0 Å². The number of rotatable bonds is 6. The number of hydrogen-bond donors (Lipinski definition) is 2. The van der Waals surface area contributed by atoms with Crippen molar-refractivity contribution >= 4 is 34.4 Å². The average molecular weight is 359 g/mol. The lowest BCUT2D eigenvalue weighted by Crippen LogP contribution is -2.42. The summed E-state index contributed by atoms with van der Waals surface area (Å²) in [6.45, 7) is 5.64. The highest BCUT2D eigenvalue weighted by atomic mass is 32.2. The van der Waals surface area contributed by atoms with Gasteiger partial charge in [-0.3, -0.25) is 4.79 Å². The van der Waals surface area contributed by atoms with Crippen molar-refractivity contribution in [2.45, 2.75) is 24.7 Å². The summed E-state index contributed by atoms with van der Waals surface area (Å²) in [5.74, 6) is 0.737. The normalized spacial score (nSPS) is 18.4. The predicted octanol–water partition coefficient (Wildman–Crippen LogP) is 2.87. The molecule has 0 saturated carbocycles. The first-order valence-corrected chi connectivity index (χ1v) is 10.00. The summed E-state index contributed by atoms with van der Waals surface area (Å²) >= 11 is 1.73. The number of amides is 1. The van der Waals surface area contributed by atoms with Crippen LogP contribution in [-0.2, 0) is 4.79 Å². The van der Waals surface area contributed by atoms with E-state index in [4.69, 9.17) is 10.7 Å². The van der Waals surface area contributed by atoms with Gasteiger partial charge in [-0.15, -0.1) is 11.8 Å². The van der Waals surface area contributed by atoms with Crippen LogP contribution in [0.4, 0.5) is 5.82 Å². The van der Waals surface area contributed by atoms with Crippen LogP contribution in [0, 0.1) is 12.8 Å². The zero-order valence-electron chi connectivity index (χ0n) is 14.9. The third kappa shape index (κ3) is 4.44. The molecule has 2 aromatic rings. The maximum absolute atomic E-state index is 11.4. The number of likely N-dealkylation sites (tertiary alicyclic amines) is 1. The molecule has 1 atom stereocenters. The largest absolute Gasteiger partial charge is 0.369 e. The second-order valence-corrected chi connectivity index (χ2v) is 7.56. The van der Waals surface area contributed by atoms with Gasteiger partial charge in [0.15, 0.2) is 0 Å². The summed E-state index contributed by atoms with van der Waals surface area (Å²) < 4.78 is 0. The van der Waals surface area contributed by atoms with Gasteiger partial charge in [0.05, 0.1) is 11.4 Å². The van der Waals surface area contributed by atoms with Gasteiger partial charge in [-0.2, -0.15) is 0 Å². The maximum Gasteiger partial charge on any atom is 0.221 e. The summed E-state index contributed by atoms with van der Waals surface area (Å²) in [7, 11) is 0. The summed E-state index contributed by atoms with van der Waals surface area (Å²) in [4.78, 5) is 19.7. The Balaban J connectivity index is 1.62. The van der Waals surface area contributed by atoms with Gasteiger partial charge in [-0.1, -0.05) is 6.07 Å². The van der Waals surface area contributed by atoms with E-state index in [1.807, 2.05) is 0 Å². The Morgan fingerprint density at radius 2 is 2.28 bits per heavy atom. The smallest absolute Gasteiger partial charge is 0.221 e. The second kappa shape index (κ2) is 8.06. The number of nitrogens with zero attached hydrogens (tertiary/aromatic N) is 2. The number of aryl methyl sites for hydroxylation is 1. The van der Waals surface area contributed by atoms with E-state index >= 15 is 0 Å². The fraction of sp³-hybridized carbons (Fsp3) is 0.474. The van der Waals surface area contributed by atoms with Gasteiger partial charge in [0.2, 0.25) is 5.91 Å². The Morgan fingerprint density at radius 3 is 3.04 bits per heavy atom. The zero-order chi connectivity index (χ0) is 17.8. The van der Waals surface area contributed by atoms with Crippen molar-refractivity contribution in [3.05, 3.63) is 29.8 Å². The molecular formula is C19H26N4OS. The van der Waals surface area contributed by atoms with Gasteiger partial charge >= 0.3 is 0 Å². The number of carbonyl (C=O) groups is 1. The number of piperidine rings is 1. The molecule has 25 heavy (non-hydrogen) atoms. The molecule has 5 nitrogen and oxygen atoms in total. The van der Waals surface area contributed by atoms with E-state index in [0.717, 1.165) is 50.4 Å². The van der Waals surface area contributed by atoms with Crippen molar-refractivity contribution in [3.63, 3.8) is 0 Å². The first kappa shape index (κ1) is 18.0. The lowest BCUT2D eigenvalue weighted by Gasteiger charge is -2.31. The van der Waals surface area contributed by atoms with E-state index < -0.39 is 0 Å². The Hall–Kier alpha value is -1.79. The molecule has 2 heterocycles. The van der Waals surface area contributed by atoms with E-state index in [1.54, 1.807) is 11.8 Å². The topological polar surface area (TPSA) is 71.2 Å². The molecule has 0 bridgehead atoms. The van der Waals surface area contributed by atoms with Crippen LogP contribution in [-0.4, -0.2) is 48.2 Å². The molecule has 1 fully saturated rings. The molecule has 0 aliphatic carbocycles. The molecule has 1 saturated heterocycles. The van der Waals surface area contributed by atoms with Gasteiger partial charge in [0.1, 0.15) is 5.82 Å². The molecule has 6 heteroatoms. The minimum Gasteiger partial charge on any atom is -0.369 e. The summed E-state index contributed by atoms with van der Waals surface area (Å²) in [6, 6.07) is 8.52. The molecule has 3 rings (SSSR count). The second-order valence-electron chi connectivity index (χ2n) is 6.68. The average Bonchev–Trinajstić information content (AvgIpc) is 2.61. The Bertz CT molecular complexity index is 764. The van der Waals surface area contributed by atoms with Crippen molar-refractivity contribution in [1.29, 1.82) is 0 Å². The monoisotopic (exact) mass is 358 g/mol. The van der Waals surface area contributed by atoms with Crippen molar-refractivity contribution in [3.8, 4) is 0 Å². The number of aromatic nitrogens is 1. The van der Waals surface area contributed by atoms with Crippen LogP contribution >= 0.6 is 11.8 Å². The molecule has 1 aliphatic rings. The Kier molecular flexibility index (Phi) is 5.81. The van der Waals surface area contributed by atoms with E-state index in [9.17, 15) is 4.79 Å². The number of thioether (sulfide) groups is 1. The third-order valence-electron chi connectivity index (χ3n) is 4.87. The molecule has 134 valence electrons. The molecule has 1 unspecified atom stereocenters. The third-order valence-corrected chi connectivity index (χ3v) is 5.59. The van der Waals surface area contributed by atoms with Crippen LogP contribution in [0.2, 0.25) is 0 Å². The minimum absolute atomic E-state index is 0.000229. The van der Waals surface area contributed by atoms with Crippen molar-refractivity contribution in [1.82, 2.24) is 9.88 Å². The highest BCUT2D eigenvalue weighted by Gasteiger charge is 2.23. The van der Waals surface area contributed by atoms with Crippen LogP contribution in [0.15, 0.2) is 29.2 Å². The van der Waals surface area contributed by atoms with Gasteiger partial charge in [0.25, 0.3) is 0 Å². The standard InChI is InChI=1S/C19H26N4OS/c1-13-10-18(22-17-11-15(25-2)5-6-16(13)17)21-7-9-23-8-3-4-14(12-23)19(20)24/h5-6,10-11,14H,3-4,7-9,12H2,1-2H3,(H2,20,24)(H,21,22). The lowest BCUT2D eigenvalue weighted by atomic mass is 9.97. The van der Waals surface area contributed by atoms with Crippen molar-refractivity contribution in [2.75, 3.05) is 37.8 Å². The van der Waals surface area contributed by atoms with Crippen molar-refractivity contribution in [2.24, 2.45) is 11.7 Å². The summed E-state index contributed by atoms with van der Waals surface area (Å²) in [6.07, 6.45) is 4.04. The number of nitrogens with one attached hydrogen (secondary N) is 1. The molecule has 1 amide bonds. The number of benzene rings is 1. The van der Waals surface area contributed by atoms with E-state index in [-0.39, 0.29) is 11.8 Å². The Labute approximate surface area is 153 Å². The Morgan fingerprint density at radius 1 is 1.44 bits per heavy atom. The van der Waals surface area contributed by atoms with E-state index in [1.165, 1.54) is 15.8 Å². The number of primary amides is 1. The lowest BCUT2D eigenvalue weighted by molar-refractivity contribution is -0.123. The van der Waals surface area contributed by atoms with Crippen LogP contribution in [0.3, 0.4) is 0 Å². The van der Waals surface area contributed by atoms with E-state index in [0.29, 0.717) is 0 Å². The molecule has 0 radical (unpaired) electrons. The first-order valence-electron chi connectivity index (χ1n) is 8.78. The molecule has 1 aromatic carbocycles. The van der Waals surface area contributed by atoms with Crippen LogP contribution in [0.1, 0.15) is 18.4 Å². The SMILES string of the molecule is CSc1ccc2c(C)cc(NCCN3CCCC(C(N)=O)C3)nc2c1. The number of carbonyl (C=O) groups excluding carboxylic acids is 1. The van der Waals surface area contributed by atoms with Crippen LogP contribution in [0.25, 0.3) is 10.9 Å². The number of nitrogens with two attached hydrogens (primary N) is 1. The fourth-order valence-electron chi connectivity index (χ4n) is 3.43. The maximum atomic E-state index is 11.4. The highest BCUT2D eigenvalue weighted by molar-refractivity contribution is 7.98. The fourth-order valence-corrected chi connectivity index (χ4v) is 3.87. The molecule has 0 spiro atoms. The van der Waals surface area contributed by atoms with E-state index in [2.05, 4.69) is 47.7 Å². The van der Waals surface area contributed by atoms with Gasteiger partial charge in [-0.25, -0.2) is 4.98 Å². The van der Waals surface area contributed by atoms with Crippen LogP contribution in [0.5, 0.6) is 0 Å². The van der Waals surface area contributed by atoms with Crippen molar-refractivity contribution < 1.29 is 4.79 Å². The number of fused-ring (bicyclic) bond motifs is 1. The number of hydrogen-bond acceptors (Lipinski definition) is 5. The van der Waals surface area contributed by atoms with Gasteiger partial charge in [-0.05, 0) is 56.3 Å².